The number of rotatable bonds is 12. The van der Waals surface area contributed by atoms with Crippen LogP contribution in [0, 0.1) is 17.2 Å². The Morgan fingerprint density at radius 1 is 0.844 bits per heavy atom. The second-order valence-electron chi connectivity index (χ2n) is 9.59. The lowest BCUT2D eigenvalue weighted by Crippen LogP contribution is -2.14. The molecule has 1 aliphatic carbocycles. The number of ether oxygens (including phenoxy) is 1. The van der Waals surface area contributed by atoms with Crippen molar-refractivity contribution in [1.29, 1.82) is 5.26 Å². The van der Waals surface area contributed by atoms with Crippen LogP contribution in [-0.4, -0.2) is 6.61 Å². The van der Waals surface area contributed by atoms with Gasteiger partial charge in [0.25, 0.3) is 0 Å². The first-order valence-electron chi connectivity index (χ1n) is 13.0. The van der Waals surface area contributed by atoms with Crippen LogP contribution in [0.3, 0.4) is 0 Å². The highest BCUT2D eigenvalue weighted by Crippen LogP contribution is 2.39. The lowest BCUT2D eigenvalue weighted by Gasteiger charge is -2.29. The number of nitriles is 1. The molecule has 1 aliphatic rings. The van der Waals surface area contributed by atoms with Gasteiger partial charge in [0.2, 0.25) is 0 Å². The fraction of sp³-hybridized carbons (Fsp3) is 0.567. The van der Waals surface area contributed by atoms with Gasteiger partial charge in [0.15, 0.2) is 0 Å². The van der Waals surface area contributed by atoms with E-state index in [1.807, 2.05) is 0 Å². The first-order chi connectivity index (χ1) is 15.7. The molecule has 0 aliphatic heterocycles. The predicted molar refractivity (Wildman–Crippen MR) is 134 cm³/mol. The summed E-state index contributed by atoms with van der Waals surface area (Å²) in [6.45, 7) is 5.25. The fourth-order valence-corrected chi connectivity index (χ4v) is 5.03. The van der Waals surface area contributed by atoms with Gasteiger partial charge in [-0.05, 0) is 91.7 Å². The zero-order chi connectivity index (χ0) is 22.6. The van der Waals surface area contributed by atoms with Crippen molar-refractivity contribution in [3.63, 3.8) is 0 Å². The van der Waals surface area contributed by atoms with Gasteiger partial charge in [-0.3, -0.25) is 0 Å². The summed E-state index contributed by atoms with van der Waals surface area (Å²) < 4.78 is 5.76. The number of benzene rings is 2. The van der Waals surface area contributed by atoms with Gasteiger partial charge in [-0.15, -0.1) is 0 Å². The van der Waals surface area contributed by atoms with E-state index in [0.29, 0.717) is 5.92 Å². The predicted octanol–water partition coefficient (Wildman–Crippen LogP) is 8.38. The van der Waals surface area contributed by atoms with E-state index in [0.717, 1.165) is 49.5 Å². The normalized spacial score (nSPS) is 18.3. The van der Waals surface area contributed by atoms with Crippen LogP contribution in [0.2, 0.25) is 0 Å². The third-order valence-electron chi connectivity index (χ3n) is 7.13. The first-order valence-corrected chi connectivity index (χ1v) is 13.0. The molecule has 0 spiro atoms. The minimum Gasteiger partial charge on any atom is -0.494 e. The molecule has 0 saturated heterocycles. The summed E-state index contributed by atoms with van der Waals surface area (Å²) in [4.78, 5) is 0. The number of nitrogens with zero attached hydrogens (tertiary/aromatic N) is 1. The molecule has 0 N–H and O–H groups in total. The molecule has 1 fully saturated rings. The third kappa shape index (κ3) is 7.40. The molecule has 0 amide bonds. The summed E-state index contributed by atoms with van der Waals surface area (Å²) in [6, 6.07) is 17.6. The van der Waals surface area contributed by atoms with Crippen LogP contribution in [0.25, 0.3) is 0 Å². The second-order valence-corrected chi connectivity index (χ2v) is 9.59. The lowest BCUT2D eigenvalue weighted by atomic mass is 9.76. The largest absolute Gasteiger partial charge is 0.494 e. The molecule has 2 nitrogen and oxygen atoms in total. The van der Waals surface area contributed by atoms with Crippen LogP contribution < -0.4 is 4.74 Å². The van der Waals surface area contributed by atoms with E-state index in [2.05, 4.69) is 62.4 Å². The van der Waals surface area contributed by atoms with E-state index in [1.54, 1.807) is 0 Å². The Balaban J connectivity index is 1.51. The maximum absolute atomic E-state index is 9.81. The van der Waals surface area contributed by atoms with Crippen LogP contribution in [0.1, 0.15) is 106 Å². The molecule has 1 saturated carbocycles. The van der Waals surface area contributed by atoms with Gasteiger partial charge < -0.3 is 4.74 Å². The summed E-state index contributed by atoms with van der Waals surface area (Å²) in [6.07, 6.45) is 14.8. The average molecular weight is 432 g/mol. The van der Waals surface area contributed by atoms with E-state index in [-0.39, 0.29) is 0 Å². The Morgan fingerprint density at radius 2 is 1.53 bits per heavy atom. The number of aryl methyl sites for hydroxylation is 2. The SMILES string of the molecule is CCCCC[C@H]1CC[C@H](c2ccc(CCc3ccc(OCCCC)cc3)cc2C#N)CC1. The molecule has 2 aromatic carbocycles. The summed E-state index contributed by atoms with van der Waals surface area (Å²) in [5.41, 5.74) is 4.77. The molecule has 32 heavy (non-hydrogen) atoms. The molecule has 2 heteroatoms. The summed E-state index contributed by atoms with van der Waals surface area (Å²) in [7, 11) is 0. The van der Waals surface area contributed by atoms with Crippen LogP contribution in [0.5, 0.6) is 5.75 Å². The smallest absolute Gasteiger partial charge is 0.119 e. The lowest BCUT2D eigenvalue weighted by molar-refractivity contribution is 0.302. The first kappa shape index (κ1) is 24.4. The Labute approximate surface area is 196 Å². The van der Waals surface area contributed by atoms with E-state index >= 15 is 0 Å². The minimum atomic E-state index is 0.571. The summed E-state index contributed by atoms with van der Waals surface area (Å²) in [5.74, 6) is 2.44. The molecule has 172 valence electrons. The molecule has 0 aromatic heterocycles. The van der Waals surface area contributed by atoms with Gasteiger partial charge in [-0.25, -0.2) is 0 Å². The number of hydrogen-bond acceptors (Lipinski definition) is 2. The van der Waals surface area contributed by atoms with Gasteiger partial charge in [0.1, 0.15) is 5.75 Å². The number of unbranched alkanes of at least 4 members (excludes halogenated alkanes) is 3. The summed E-state index contributed by atoms with van der Waals surface area (Å²) >= 11 is 0. The molecule has 0 heterocycles. The second kappa shape index (κ2) is 13.3. The van der Waals surface area contributed by atoms with Gasteiger partial charge in [-0.2, -0.15) is 5.26 Å². The zero-order valence-corrected chi connectivity index (χ0v) is 20.2. The van der Waals surface area contributed by atoms with Crippen molar-refractivity contribution in [3.05, 3.63) is 64.7 Å². The van der Waals surface area contributed by atoms with Gasteiger partial charge in [0, 0.05) is 0 Å². The van der Waals surface area contributed by atoms with Crippen molar-refractivity contribution in [2.75, 3.05) is 6.61 Å². The topological polar surface area (TPSA) is 33.0 Å². The van der Waals surface area contributed by atoms with Gasteiger partial charge >= 0.3 is 0 Å². The van der Waals surface area contributed by atoms with E-state index in [4.69, 9.17) is 4.74 Å². The Morgan fingerprint density at radius 3 is 2.22 bits per heavy atom. The van der Waals surface area contributed by atoms with Crippen LogP contribution in [0.4, 0.5) is 0 Å². The summed E-state index contributed by atoms with van der Waals surface area (Å²) in [5, 5.41) is 9.81. The van der Waals surface area contributed by atoms with E-state index in [1.165, 1.54) is 68.1 Å². The molecular formula is C30H41NO. The molecule has 0 unspecified atom stereocenters. The fourth-order valence-electron chi connectivity index (χ4n) is 5.03. The number of hydrogen-bond donors (Lipinski definition) is 0. The molecule has 0 atom stereocenters. The minimum absolute atomic E-state index is 0.571. The van der Waals surface area contributed by atoms with Crippen molar-refractivity contribution in [2.45, 2.75) is 96.8 Å². The third-order valence-corrected chi connectivity index (χ3v) is 7.13. The van der Waals surface area contributed by atoms with Crippen molar-refractivity contribution >= 4 is 0 Å². The maximum atomic E-state index is 9.81. The Hall–Kier alpha value is -2.27. The van der Waals surface area contributed by atoms with Crippen molar-refractivity contribution in [3.8, 4) is 11.8 Å². The average Bonchev–Trinajstić information content (AvgIpc) is 2.84. The maximum Gasteiger partial charge on any atom is 0.119 e. The van der Waals surface area contributed by atoms with Gasteiger partial charge in [-0.1, -0.05) is 70.2 Å². The zero-order valence-electron chi connectivity index (χ0n) is 20.2. The molecular weight excluding hydrogens is 390 g/mol. The van der Waals surface area contributed by atoms with Crippen molar-refractivity contribution in [2.24, 2.45) is 5.92 Å². The van der Waals surface area contributed by atoms with Crippen molar-refractivity contribution in [1.82, 2.24) is 0 Å². The van der Waals surface area contributed by atoms with E-state index in [9.17, 15) is 5.26 Å². The molecule has 3 rings (SSSR count). The molecule has 0 radical (unpaired) electrons. The monoisotopic (exact) mass is 431 g/mol. The molecule has 0 bridgehead atoms. The van der Waals surface area contributed by atoms with Crippen LogP contribution in [-0.2, 0) is 12.8 Å². The van der Waals surface area contributed by atoms with Crippen LogP contribution in [0.15, 0.2) is 42.5 Å². The standard InChI is InChI=1S/C30H41NO/c1-3-5-7-8-24-11-16-27(17-12-24)30-20-15-26(22-28(30)23-31)10-9-25-13-18-29(19-14-25)32-21-6-4-2/h13-15,18-20,22,24,27H,3-12,16-17,21H2,1-2H3/t24-,27-. The molecule has 2 aromatic rings. The Kier molecular flexibility index (Phi) is 10.1. The highest BCUT2D eigenvalue weighted by atomic mass is 16.5. The quantitative estimate of drug-likeness (QED) is 0.316. The van der Waals surface area contributed by atoms with Gasteiger partial charge in [0.05, 0.1) is 18.2 Å². The van der Waals surface area contributed by atoms with Crippen molar-refractivity contribution < 1.29 is 4.74 Å². The highest BCUT2D eigenvalue weighted by Gasteiger charge is 2.24. The van der Waals surface area contributed by atoms with E-state index < -0.39 is 0 Å². The van der Waals surface area contributed by atoms with Crippen LogP contribution >= 0.6 is 0 Å². The Bertz CT molecular complexity index is 840. The highest BCUT2D eigenvalue weighted by molar-refractivity contribution is 5.43.